The maximum absolute atomic E-state index is 11.6. The number of aryl methyl sites for hydroxylation is 1. The van der Waals surface area contributed by atoms with Crippen LogP contribution < -0.4 is 10.9 Å². The molecule has 1 N–H and O–H groups in total. The lowest BCUT2D eigenvalue weighted by atomic mass is 10.4. The fraction of sp³-hybridized carbons (Fsp3) is 0.545. The molecular weight excluding hydrogens is 256 g/mol. The number of pyridine rings is 1. The molecule has 0 bridgehead atoms. The zero-order valence-electron chi connectivity index (χ0n) is 8.58. The third-order valence-electron chi connectivity index (χ3n) is 2.56. The predicted molar refractivity (Wildman–Crippen MR) is 64.0 cm³/mol. The van der Waals surface area contributed by atoms with Crippen molar-refractivity contribution in [2.24, 2.45) is 0 Å². The number of hydrogen-bond donors (Lipinski definition) is 1. The zero-order valence-corrected chi connectivity index (χ0v) is 10.2. The van der Waals surface area contributed by atoms with Gasteiger partial charge in [-0.05, 0) is 53.9 Å². The van der Waals surface area contributed by atoms with Gasteiger partial charge in [0, 0.05) is 18.8 Å². The molecule has 0 aliphatic heterocycles. The quantitative estimate of drug-likeness (QED) is 0.828. The van der Waals surface area contributed by atoms with Crippen molar-refractivity contribution in [2.75, 3.05) is 6.54 Å². The van der Waals surface area contributed by atoms with Crippen LogP contribution in [-0.4, -0.2) is 17.2 Å². The fourth-order valence-electron chi connectivity index (χ4n) is 1.53. The minimum Gasteiger partial charge on any atom is -0.315 e. The Morgan fingerprint density at radius 2 is 2.33 bits per heavy atom. The molecule has 0 atom stereocenters. The summed E-state index contributed by atoms with van der Waals surface area (Å²) in [5, 5.41) is 3.43. The zero-order chi connectivity index (χ0) is 10.7. The highest BCUT2D eigenvalue weighted by Gasteiger charge is 2.19. The number of rotatable bonds is 5. The van der Waals surface area contributed by atoms with E-state index >= 15 is 0 Å². The van der Waals surface area contributed by atoms with Crippen molar-refractivity contribution in [2.45, 2.75) is 31.8 Å². The SMILES string of the molecule is O=c1c(Br)cccn1CCCNC1CC1. The van der Waals surface area contributed by atoms with Gasteiger partial charge >= 0.3 is 0 Å². The predicted octanol–water partition coefficient (Wildman–Crippen LogP) is 1.75. The van der Waals surface area contributed by atoms with E-state index in [0.717, 1.165) is 25.6 Å². The van der Waals surface area contributed by atoms with Crippen LogP contribution in [0.3, 0.4) is 0 Å². The highest BCUT2D eigenvalue weighted by molar-refractivity contribution is 9.10. The Morgan fingerprint density at radius 1 is 1.53 bits per heavy atom. The summed E-state index contributed by atoms with van der Waals surface area (Å²) in [5.41, 5.74) is 0.0592. The lowest BCUT2D eigenvalue weighted by molar-refractivity contribution is 0.567. The topological polar surface area (TPSA) is 34.0 Å². The first-order chi connectivity index (χ1) is 7.27. The van der Waals surface area contributed by atoms with Crippen molar-refractivity contribution in [3.63, 3.8) is 0 Å². The Bertz CT molecular complexity index is 384. The molecule has 1 aliphatic rings. The van der Waals surface area contributed by atoms with Gasteiger partial charge in [-0.1, -0.05) is 0 Å². The normalized spacial score (nSPS) is 15.5. The fourth-order valence-corrected chi connectivity index (χ4v) is 1.91. The molecule has 1 saturated carbocycles. The van der Waals surface area contributed by atoms with Crippen LogP contribution >= 0.6 is 15.9 Å². The Kier molecular flexibility index (Phi) is 3.59. The highest BCUT2D eigenvalue weighted by Crippen LogP contribution is 2.18. The maximum Gasteiger partial charge on any atom is 0.264 e. The Labute approximate surface area is 97.6 Å². The summed E-state index contributed by atoms with van der Waals surface area (Å²) >= 11 is 3.24. The van der Waals surface area contributed by atoms with E-state index in [9.17, 15) is 4.79 Å². The first-order valence-corrected chi connectivity index (χ1v) is 6.15. The first-order valence-electron chi connectivity index (χ1n) is 5.36. The molecule has 1 heterocycles. The molecule has 4 heteroatoms. The maximum atomic E-state index is 11.6. The number of halogens is 1. The molecule has 15 heavy (non-hydrogen) atoms. The van der Waals surface area contributed by atoms with Crippen molar-refractivity contribution >= 4 is 15.9 Å². The van der Waals surface area contributed by atoms with Gasteiger partial charge in [0.15, 0.2) is 0 Å². The molecule has 2 rings (SSSR count). The van der Waals surface area contributed by atoms with Gasteiger partial charge in [0.25, 0.3) is 5.56 Å². The minimum absolute atomic E-state index is 0.0592. The summed E-state index contributed by atoms with van der Waals surface area (Å²) in [6.45, 7) is 1.79. The van der Waals surface area contributed by atoms with Crippen molar-refractivity contribution in [1.29, 1.82) is 0 Å². The summed E-state index contributed by atoms with van der Waals surface area (Å²) in [4.78, 5) is 11.6. The van der Waals surface area contributed by atoms with E-state index < -0.39 is 0 Å². The molecule has 0 spiro atoms. The van der Waals surface area contributed by atoms with Crippen LogP contribution in [0.2, 0.25) is 0 Å². The van der Waals surface area contributed by atoms with Gasteiger partial charge in [-0.3, -0.25) is 4.79 Å². The number of aromatic nitrogens is 1. The van der Waals surface area contributed by atoms with Crippen molar-refractivity contribution in [3.05, 3.63) is 33.2 Å². The van der Waals surface area contributed by atoms with Gasteiger partial charge in [-0.15, -0.1) is 0 Å². The van der Waals surface area contributed by atoms with Crippen LogP contribution in [0.5, 0.6) is 0 Å². The van der Waals surface area contributed by atoms with Gasteiger partial charge in [0.1, 0.15) is 0 Å². The molecule has 3 nitrogen and oxygen atoms in total. The summed E-state index contributed by atoms with van der Waals surface area (Å²) < 4.78 is 2.39. The van der Waals surface area contributed by atoms with E-state index in [2.05, 4.69) is 21.2 Å². The van der Waals surface area contributed by atoms with Crippen LogP contribution in [0.4, 0.5) is 0 Å². The molecule has 1 fully saturated rings. The Balaban J connectivity index is 1.81. The van der Waals surface area contributed by atoms with Crippen molar-refractivity contribution in [3.8, 4) is 0 Å². The Morgan fingerprint density at radius 3 is 3.07 bits per heavy atom. The molecule has 0 amide bonds. The van der Waals surface area contributed by atoms with Crippen LogP contribution in [0.25, 0.3) is 0 Å². The molecule has 0 saturated heterocycles. The van der Waals surface area contributed by atoms with Crippen molar-refractivity contribution < 1.29 is 0 Å². The van der Waals surface area contributed by atoms with Crippen LogP contribution in [0.15, 0.2) is 27.6 Å². The van der Waals surface area contributed by atoms with Gasteiger partial charge in [-0.25, -0.2) is 0 Å². The smallest absolute Gasteiger partial charge is 0.264 e. The monoisotopic (exact) mass is 270 g/mol. The van der Waals surface area contributed by atoms with Gasteiger partial charge in [0.2, 0.25) is 0 Å². The second-order valence-corrected chi connectivity index (χ2v) is 4.79. The van der Waals surface area contributed by atoms with E-state index in [4.69, 9.17) is 0 Å². The summed E-state index contributed by atoms with van der Waals surface area (Å²) in [7, 11) is 0. The van der Waals surface area contributed by atoms with E-state index in [1.165, 1.54) is 12.8 Å². The van der Waals surface area contributed by atoms with E-state index in [1.807, 2.05) is 12.3 Å². The molecular formula is C11H15BrN2O. The van der Waals surface area contributed by atoms with E-state index in [1.54, 1.807) is 10.6 Å². The largest absolute Gasteiger partial charge is 0.315 e. The highest BCUT2D eigenvalue weighted by atomic mass is 79.9. The van der Waals surface area contributed by atoms with Gasteiger partial charge < -0.3 is 9.88 Å². The molecule has 0 aromatic carbocycles. The lowest BCUT2D eigenvalue weighted by Crippen LogP contribution is -2.23. The second-order valence-electron chi connectivity index (χ2n) is 3.94. The van der Waals surface area contributed by atoms with Crippen LogP contribution in [0, 0.1) is 0 Å². The number of nitrogens with one attached hydrogen (secondary N) is 1. The minimum atomic E-state index is 0.0592. The molecule has 1 aromatic rings. The molecule has 82 valence electrons. The second kappa shape index (κ2) is 4.94. The van der Waals surface area contributed by atoms with E-state index in [-0.39, 0.29) is 5.56 Å². The third kappa shape index (κ3) is 3.18. The average molecular weight is 271 g/mol. The molecule has 0 unspecified atom stereocenters. The van der Waals surface area contributed by atoms with Gasteiger partial charge in [-0.2, -0.15) is 0 Å². The summed E-state index contributed by atoms with van der Waals surface area (Å²) in [6, 6.07) is 4.42. The average Bonchev–Trinajstić information content (AvgIpc) is 3.02. The summed E-state index contributed by atoms with van der Waals surface area (Å²) in [6.07, 6.45) is 5.48. The molecule has 1 aliphatic carbocycles. The molecule has 0 radical (unpaired) electrons. The van der Waals surface area contributed by atoms with Crippen LogP contribution in [0.1, 0.15) is 19.3 Å². The van der Waals surface area contributed by atoms with Gasteiger partial charge in [0.05, 0.1) is 4.47 Å². The van der Waals surface area contributed by atoms with E-state index in [0.29, 0.717) is 4.47 Å². The van der Waals surface area contributed by atoms with Crippen LogP contribution in [-0.2, 0) is 6.54 Å². The Hall–Kier alpha value is -0.610. The standard InChI is InChI=1S/C11H15BrN2O/c12-10-3-1-7-14(11(10)15)8-2-6-13-9-4-5-9/h1,3,7,9,13H,2,4-6,8H2. The summed E-state index contributed by atoms with van der Waals surface area (Å²) in [5.74, 6) is 0. The molecule has 1 aromatic heterocycles. The number of hydrogen-bond acceptors (Lipinski definition) is 2. The number of nitrogens with zero attached hydrogens (tertiary/aromatic N) is 1. The lowest BCUT2D eigenvalue weighted by Gasteiger charge is -2.06. The third-order valence-corrected chi connectivity index (χ3v) is 3.16. The van der Waals surface area contributed by atoms with Crippen molar-refractivity contribution in [1.82, 2.24) is 9.88 Å². The first kappa shape index (κ1) is 10.9.